The number of amides is 1. The summed E-state index contributed by atoms with van der Waals surface area (Å²) in [7, 11) is 0. The number of carbonyl (C=O) groups is 2. The number of benzene rings is 2. The third kappa shape index (κ3) is 5.89. The van der Waals surface area contributed by atoms with Gasteiger partial charge in [-0.2, -0.15) is 0 Å². The molecule has 0 aliphatic heterocycles. The molecule has 0 saturated heterocycles. The van der Waals surface area contributed by atoms with Gasteiger partial charge in [0.25, 0.3) is 5.91 Å². The topological polar surface area (TPSA) is 55.4 Å². The zero-order chi connectivity index (χ0) is 17.4. The molecule has 0 unspecified atom stereocenters. The van der Waals surface area contributed by atoms with Crippen LogP contribution in [-0.4, -0.2) is 24.7 Å². The van der Waals surface area contributed by atoms with Gasteiger partial charge in [-0.25, -0.2) is 9.18 Å². The molecule has 4 nitrogen and oxygen atoms in total. The van der Waals surface area contributed by atoms with Gasteiger partial charge in [0.1, 0.15) is 5.82 Å². The van der Waals surface area contributed by atoms with Crippen molar-refractivity contribution in [2.24, 2.45) is 0 Å². The van der Waals surface area contributed by atoms with Crippen molar-refractivity contribution in [1.29, 1.82) is 0 Å². The third-order valence-electron chi connectivity index (χ3n) is 2.98. The standard InChI is InChI=1S/C18H16FNO3S/c1-24-16-8-5-13(6-9-16)7-10-18(22)23-12-17(21)20-15-4-2-3-14(19)11-15/h2-11H,12H2,1H3,(H,20,21)/b10-7+. The highest BCUT2D eigenvalue weighted by Gasteiger charge is 2.06. The molecule has 0 atom stereocenters. The molecule has 0 radical (unpaired) electrons. The van der Waals surface area contributed by atoms with Crippen molar-refractivity contribution in [2.45, 2.75) is 4.90 Å². The molecule has 0 aliphatic rings. The van der Waals surface area contributed by atoms with Crippen LogP contribution in [0.2, 0.25) is 0 Å². The Balaban J connectivity index is 1.79. The molecule has 1 amide bonds. The lowest BCUT2D eigenvalue weighted by Gasteiger charge is -2.05. The van der Waals surface area contributed by atoms with E-state index in [1.54, 1.807) is 23.9 Å². The summed E-state index contributed by atoms with van der Waals surface area (Å²) >= 11 is 1.63. The predicted octanol–water partition coefficient (Wildman–Crippen LogP) is 3.74. The van der Waals surface area contributed by atoms with Gasteiger partial charge in [0, 0.05) is 16.7 Å². The molecule has 124 valence electrons. The van der Waals surface area contributed by atoms with Crippen LogP contribution in [0, 0.1) is 5.82 Å². The van der Waals surface area contributed by atoms with Gasteiger partial charge >= 0.3 is 5.97 Å². The van der Waals surface area contributed by atoms with Gasteiger partial charge < -0.3 is 10.1 Å². The molecule has 0 bridgehead atoms. The fraction of sp³-hybridized carbons (Fsp3) is 0.111. The van der Waals surface area contributed by atoms with Crippen LogP contribution in [0.4, 0.5) is 10.1 Å². The molecule has 1 N–H and O–H groups in total. The SMILES string of the molecule is CSc1ccc(/C=C/C(=O)OCC(=O)Nc2cccc(F)c2)cc1. The van der Waals surface area contributed by atoms with Crippen molar-refractivity contribution >= 4 is 35.4 Å². The number of esters is 1. The van der Waals surface area contributed by atoms with Crippen molar-refractivity contribution in [3.63, 3.8) is 0 Å². The molecule has 0 aromatic heterocycles. The minimum Gasteiger partial charge on any atom is -0.452 e. The smallest absolute Gasteiger partial charge is 0.331 e. The van der Waals surface area contributed by atoms with Crippen LogP contribution >= 0.6 is 11.8 Å². The Hall–Kier alpha value is -2.60. The summed E-state index contributed by atoms with van der Waals surface area (Å²) in [5.41, 5.74) is 1.16. The highest BCUT2D eigenvalue weighted by molar-refractivity contribution is 7.98. The van der Waals surface area contributed by atoms with Gasteiger partial charge in [-0.1, -0.05) is 18.2 Å². The molecular weight excluding hydrogens is 329 g/mol. The summed E-state index contributed by atoms with van der Waals surface area (Å²) in [4.78, 5) is 24.4. The van der Waals surface area contributed by atoms with Gasteiger partial charge in [-0.05, 0) is 48.2 Å². The van der Waals surface area contributed by atoms with E-state index >= 15 is 0 Å². The Morgan fingerprint density at radius 2 is 1.96 bits per heavy atom. The average molecular weight is 345 g/mol. The number of hydrogen-bond donors (Lipinski definition) is 1. The molecule has 2 aromatic rings. The largest absolute Gasteiger partial charge is 0.452 e. The fourth-order valence-electron chi connectivity index (χ4n) is 1.83. The number of hydrogen-bond acceptors (Lipinski definition) is 4. The number of carbonyl (C=O) groups excluding carboxylic acids is 2. The van der Waals surface area contributed by atoms with Crippen LogP contribution in [0.1, 0.15) is 5.56 Å². The minimum atomic E-state index is -0.627. The number of anilines is 1. The number of rotatable bonds is 6. The highest BCUT2D eigenvalue weighted by atomic mass is 32.2. The van der Waals surface area contributed by atoms with Crippen molar-refractivity contribution in [3.05, 3.63) is 66.0 Å². The molecule has 24 heavy (non-hydrogen) atoms. The van der Waals surface area contributed by atoms with Crippen molar-refractivity contribution in [1.82, 2.24) is 0 Å². The van der Waals surface area contributed by atoms with Crippen molar-refractivity contribution in [3.8, 4) is 0 Å². The Morgan fingerprint density at radius 3 is 2.62 bits per heavy atom. The normalized spacial score (nSPS) is 10.6. The van der Waals surface area contributed by atoms with Crippen LogP contribution in [0.15, 0.2) is 59.5 Å². The molecule has 0 aliphatic carbocycles. The van der Waals surface area contributed by atoms with E-state index in [9.17, 15) is 14.0 Å². The maximum atomic E-state index is 13.0. The van der Waals surface area contributed by atoms with Crippen LogP contribution < -0.4 is 5.32 Å². The first-order valence-corrected chi connectivity index (χ1v) is 8.33. The number of nitrogens with one attached hydrogen (secondary N) is 1. The molecule has 0 fully saturated rings. The Bertz CT molecular complexity index is 744. The van der Waals surface area contributed by atoms with Crippen LogP contribution in [0.5, 0.6) is 0 Å². The minimum absolute atomic E-state index is 0.306. The third-order valence-corrected chi connectivity index (χ3v) is 3.73. The second-order valence-corrected chi connectivity index (χ2v) is 5.65. The summed E-state index contributed by atoms with van der Waals surface area (Å²) in [6.45, 7) is -0.439. The summed E-state index contributed by atoms with van der Waals surface area (Å²) in [6, 6.07) is 13.1. The molecule has 0 heterocycles. The zero-order valence-corrected chi connectivity index (χ0v) is 13.8. The van der Waals surface area contributed by atoms with Gasteiger partial charge in [0.2, 0.25) is 0 Å². The maximum absolute atomic E-state index is 13.0. The average Bonchev–Trinajstić information content (AvgIpc) is 2.58. The number of halogens is 1. The van der Waals surface area contributed by atoms with Gasteiger partial charge in [0.15, 0.2) is 6.61 Å². The zero-order valence-electron chi connectivity index (χ0n) is 13.0. The van der Waals surface area contributed by atoms with Crippen molar-refractivity contribution < 1.29 is 18.7 Å². The van der Waals surface area contributed by atoms with Crippen molar-refractivity contribution in [2.75, 3.05) is 18.2 Å². The quantitative estimate of drug-likeness (QED) is 0.492. The lowest BCUT2D eigenvalue weighted by atomic mass is 10.2. The van der Waals surface area contributed by atoms with Gasteiger partial charge in [-0.15, -0.1) is 11.8 Å². The summed E-state index contributed by atoms with van der Waals surface area (Å²) in [5, 5.41) is 2.44. The first-order chi connectivity index (χ1) is 11.6. The Labute approximate surface area is 143 Å². The van der Waals surface area contributed by atoms with Gasteiger partial charge in [0.05, 0.1) is 0 Å². The van der Waals surface area contributed by atoms with Gasteiger partial charge in [-0.3, -0.25) is 4.79 Å². The summed E-state index contributed by atoms with van der Waals surface area (Å²) < 4.78 is 17.8. The number of thioether (sulfide) groups is 1. The van der Waals surface area contributed by atoms with E-state index in [-0.39, 0.29) is 0 Å². The van der Waals surface area contributed by atoms with E-state index in [4.69, 9.17) is 4.74 Å². The molecule has 2 aromatic carbocycles. The monoisotopic (exact) mass is 345 g/mol. The van der Waals surface area contributed by atoms with E-state index in [0.717, 1.165) is 10.5 Å². The summed E-state index contributed by atoms with van der Waals surface area (Å²) in [6.07, 6.45) is 4.84. The van der Waals surface area contributed by atoms with E-state index in [0.29, 0.717) is 5.69 Å². The fourth-order valence-corrected chi connectivity index (χ4v) is 2.24. The Kier molecular flexibility index (Phi) is 6.57. The molecular formula is C18H16FNO3S. The molecule has 0 saturated carbocycles. The molecule has 2 rings (SSSR count). The van der Waals surface area contributed by atoms with E-state index < -0.39 is 24.3 Å². The first-order valence-electron chi connectivity index (χ1n) is 7.11. The highest BCUT2D eigenvalue weighted by Crippen LogP contribution is 2.15. The van der Waals surface area contributed by atoms with E-state index in [1.807, 2.05) is 30.5 Å². The van der Waals surface area contributed by atoms with Crippen LogP contribution in [0.25, 0.3) is 6.08 Å². The number of ether oxygens (including phenoxy) is 1. The van der Waals surface area contributed by atoms with Crippen LogP contribution in [-0.2, 0) is 14.3 Å². The molecule has 6 heteroatoms. The second-order valence-electron chi connectivity index (χ2n) is 4.77. The first kappa shape index (κ1) is 17.7. The Morgan fingerprint density at radius 1 is 1.21 bits per heavy atom. The lowest BCUT2D eigenvalue weighted by molar-refractivity contribution is -0.142. The maximum Gasteiger partial charge on any atom is 0.331 e. The summed E-state index contributed by atoms with van der Waals surface area (Å²) in [5.74, 6) is -1.62. The van der Waals surface area contributed by atoms with E-state index in [1.165, 1.54) is 24.3 Å². The lowest BCUT2D eigenvalue weighted by Crippen LogP contribution is -2.20. The second kappa shape index (κ2) is 8.88. The molecule has 0 spiro atoms. The predicted molar refractivity (Wildman–Crippen MR) is 93.2 cm³/mol. The van der Waals surface area contributed by atoms with Crippen LogP contribution in [0.3, 0.4) is 0 Å². The van der Waals surface area contributed by atoms with E-state index in [2.05, 4.69) is 5.32 Å².